The third-order valence-corrected chi connectivity index (χ3v) is 6.35. The summed E-state index contributed by atoms with van der Waals surface area (Å²) in [6.45, 7) is 3.89. The summed E-state index contributed by atoms with van der Waals surface area (Å²) in [6.07, 6.45) is 0.390. The molecule has 1 saturated heterocycles. The molecule has 0 radical (unpaired) electrons. The van der Waals surface area contributed by atoms with Crippen LogP contribution in [-0.4, -0.2) is 43.9 Å². The van der Waals surface area contributed by atoms with Crippen LogP contribution in [0.25, 0.3) is 0 Å². The van der Waals surface area contributed by atoms with Crippen LogP contribution in [0.4, 0.5) is 4.79 Å². The van der Waals surface area contributed by atoms with Crippen molar-refractivity contribution in [1.29, 1.82) is 0 Å². The lowest BCUT2D eigenvalue weighted by Crippen LogP contribution is -2.54. The second-order valence-corrected chi connectivity index (χ2v) is 9.38. The summed E-state index contributed by atoms with van der Waals surface area (Å²) in [7, 11) is -3.08. The second-order valence-electron chi connectivity index (χ2n) is 6.75. The molecule has 9 heteroatoms. The van der Waals surface area contributed by atoms with E-state index in [2.05, 4.69) is 16.0 Å². The third-order valence-electron chi connectivity index (χ3n) is 4.21. The number of halogens is 1. The Balaban J connectivity index is 1.90. The molecule has 1 heterocycles. The predicted octanol–water partition coefficient (Wildman–Crippen LogP) is 1.47. The van der Waals surface area contributed by atoms with Gasteiger partial charge in [-0.3, -0.25) is 4.79 Å². The molecular weight excluding hydrogens is 378 g/mol. The molecule has 0 saturated carbocycles. The Bertz CT molecular complexity index is 767. The van der Waals surface area contributed by atoms with Crippen LogP contribution in [0.2, 0.25) is 5.02 Å². The Kier molecular flexibility index (Phi) is 6.88. The van der Waals surface area contributed by atoms with E-state index in [0.29, 0.717) is 11.4 Å². The average Bonchev–Trinajstić information content (AvgIpc) is 2.89. The van der Waals surface area contributed by atoms with Crippen molar-refractivity contribution in [2.75, 3.05) is 11.5 Å². The van der Waals surface area contributed by atoms with Crippen molar-refractivity contribution in [2.24, 2.45) is 5.92 Å². The van der Waals surface area contributed by atoms with Crippen molar-refractivity contribution in [3.8, 4) is 0 Å². The van der Waals surface area contributed by atoms with E-state index < -0.39 is 28.0 Å². The maximum Gasteiger partial charge on any atom is 0.315 e. The molecule has 3 N–H and O–H groups in total. The van der Waals surface area contributed by atoms with Gasteiger partial charge in [0.25, 0.3) is 0 Å². The van der Waals surface area contributed by atoms with E-state index in [-0.39, 0.29) is 29.9 Å². The van der Waals surface area contributed by atoms with Gasteiger partial charge in [-0.2, -0.15) is 0 Å². The third kappa shape index (κ3) is 5.88. The van der Waals surface area contributed by atoms with Gasteiger partial charge in [0.05, 0.1) is 11.5 Å². The molecule has 1 aromatic rings. The molecule has 1 aliphatic rings. The van der Waals surface area contributed by atoms with Gasteiger partial charge in [-0.1, -0.05) is 43.6 Å². The predicted molar refractivity (Wildman–Crippen MR) is 101 cm³/mol. The monoisotopic (exact) mass is 401 g/mol. The highest BCUT2D eigenvalue weighted by molar-refractivity contribution is 7.91. The maximum absolute atomic E-state index is 12.5. The van der Waals surface area contributed by atoms with Gasteiger partial charge in [0.2, 0.25) is 5.91 Å². The van der Waals surface area contributed by atoms with E-state index in [1.165, 1.54) is 0 Å². The SMILES string of the molecule is CC(C)[C@H](NC(=O)N[C@H]1CCS(=O)(=O)C1)C(=O)NCc1ccccc1Cl. The molecule has 0 bridgehead atoms. The minimum absolute atomic E-state index is 0.0640. The van der Waals surface area contributed by atoms with Crippen molar-refractivity contribution in [2.45, 2.75) is 38.9 Å². The first-order valence-electron chi connectivity index (χ1n) is 8.46. The van der Waals surface area contributed by atoms with Crippen molar-refractivity contribution >= 4 is 33.4 Å². The summed E-state index contributed by atoms with van der Waals surface area (Å²) in [6, 6.07) is 5.49. The fourth-order valence-electron chi connectivity index (χ4n) is 2.75. The topological polar surface area (TPSA) is 104 Å². The largest absolute Gasteiger partial charge is 0.350 e. The Morgan fingerprint density at radius 1 is 1.27 bits per heavy atom. The van der Waals surface area contributed by atoms with E-state index in [0.717, 1.165) is 5.56 Å². The summed E-state index contributed by atoms with van der Waals surface area (Å²) in [5.41, 5.74) is 0.783. The fourth-order valence-corrected chi connectivity index (χ4v) is 4.62. The molecule has 0 spiro atoms. The van der Waals surface area contributed by atoms with Gasteiger partial charge in [-0.15, -0.1) is 0 Å². The van der Waals surface area contributed by atoms with E-state index in [9.17, 15) is 18.0 Å². The van der Waals surface area contributed by atoms with Gasteiger partial charge in [-0.05, 0) is 24.0 Å². The minimum Gasteiger partial charge on any atom is -0.350 e. The number of sulfone groups is 1. The van der Waals surface area contributed by atoms with E-state index in [1.807, 2.05) is 26.0 Å². The summed E-state index contributed by atoms with van der Waals surface area (Å²) >= 11 is 6.07. The summed E-state index contributed by atoms with van der Waals surface area (Å²) in [5.74, 6) is -0.455. The molecular formula is C17H24ClN3O4S. The fraction of sp³-hybridized carbons (Fsp3) is 0.529. The average molecular weight is 402 g/mol. The van der Waals surface area contributed by atoms with Crippen molar-refractivity contribution in [3.63, 3.8) is 0 Å². The lowest BCUT2D eigenvalue weighted by atomic mass is 10.0. The molecule has 7 nitrogen and oxygen atoms in total. The van der Waals surface area contributed by atoms with Crippen LogP contribution < -0.4 is 16.0 Å². The number of benzene rings is 1. The molecule has 0 aliphatic carbocycles. The standard InChI is InChI=1S/C17H24ClN3O4S/c1-11(2)15(16(22)19-9-12-5-3-4-6-14(12)18)21-17(23)20-13-7-8-26(24,25)10-13/h3-6,11,13,15H,7-10H2,1-2H3,(H,19,22)(H2,20,21,23)/t13-,15-/m0/s1. The first-order chi connectivity index (χ1) is 12.2. The zero-order valence-corrected chi connectivity index (χ0v) is 16.4. The van der Waals surface area contributed by atoms with Gasteiger partial charge >= 0.3 is 6.03 Å². The van der Waals surface area contributed by atoms with Gasteiger partial charge in [0.15, 0.2) is 9.84 Å². The van der Waals surface area contributed by atoms with Crippen LogP contribution in [0.3, 0.4) is 0 Å². The van der Waals surface area contributed by atoms with Gasteiger partial charge in [0, 0.05) is 17.6 Å². The number of carbonyl (C=O) groups is 2. The Hall–Kier alpha value is -1.80. The number of urea groups is 1. The zero-order chi connectivity index (χ0) is 19.3. The molecule has 1 fully saturated rings. The smallest absolute Gasteiger partial charge is 0.315 e. The zero-order valence-electron chi connectivity index (χ0n) is 14.8. The first kappa shape index (κ1) is 20.5. The normalized spacial score (nSPS) is 19.8. The number of carbonyl (C=O) groups excluding carboxylic acids is 2. The number of hydrogen-bond acceptors (Lipinski definition) is 4. The lowest BCUT2D eigenvalue weighted by molar-refractivity contribution is -0.124. The van der Waals surface area contributed by atoms with Gasteiger partial charge in [-0.25, -0.2) is 13.2 Å². The molecule has 0 aromatic heterocycles. The lowest BCUT2D eigenvalue weighted by Gasteiger charge is -2.23. The number of nitrogens with one attached hydrogen (secondary N) is 3. The Morgan fingerprint density at radius 3 is 2.54 bits per heavy atom. The number of rotatable bonds is 6. The van der Waals surface area contributed by atoms with E-state index in [1.54, 1.807) is 12.1 Å². The van der Waals surface area contributed by atoms with Crippen molar-refractivity contribution in [3.05, 3.63) is 34.9 Å². The summed E-state index contributed by atoms with van der Waals surface area (Å²) in [5, 5.41) is 8.59. The van der Waals surface area contributed by atoms with Crippen LogP contribution >= 0.6 is 11.6 Å². The van der Waals surface area contributed by atoms with Crippen molar-refractivity contribution < 1.29 is 18.0 Å². The molecule has 2 atom stereocenters. The molecule has 0 unspecified atom stereocenters. The summed E-state index contributed by atoms with van der Waals surface area (Å²) < 4.78 is 22.9. The Labute approximate surface area is 158 Å². The van der Waals surface area contributed by atoms with Crippen LogP contribution in [0.1, 0.15) is 25.8 Å². The minimum atomic E-state index is -3.08. The van der Waals surface area contributed by atoms with E-state index >= 15 is 0 Å². The second kappa shape index (κ2) is 8.73. The molecule has 26 heavy (non-hydrogen) atoms. The van der Waals surface area contributed by atoms with Gasteiger partial charge < -0.3 is 16.0 Å². The highest BCUT2D eigenvalue weighted by atomic mass is 35.5. The molecule has 144 valence electrons. The molecule has 2 rings (SSSR count). The Morgan fingerprint density at radius 2 is 1.96 bits per heavy atom. The van der Waals surface area contributed by atoms with Crippen LogP contribution in [-0.2, 0) is 21.2 Å². The highest BCUT2D eigenvalue weighted by Crippen LogP contribution is 2.15. The number of hydrogen-bond donors (Lipinski definition) is 3. The quantitative estimate of drug-likeness (QED) is 0.671. The molecule has 1 aromatic carbocycles. The van der Waals surface area contributed by atoms with E-state index in [4.69, 9.17) is 11.6 Å². The van der Waals surface area contributed by atoms with Crippen LogP contribution in [0, 0.1) is 5.92 Å². The molecule has 1 aliphatic heterocycles. The maximum atomic E-state index is 12.5. The van der Waals surface area contributed by atoms with Crippen LogP contribution in [0.15, 0.2) is 24.3 Å². The highest BCUT2D eigenvalue weighted by Gasteiger charge is 2.30. The van der Waals surface area contributed by atoms with Gasteiger partial charge in [0.1, 0.15) is 6.04 Å². The molecule has 3 amide bonds. The summed E-state index contributed by atoms with van der Waals surface area (Å²) in [4.78, 5) is 24.6. The van der Waals surface area contributed by atoms with Crippen molar-refractivity contribution in [1.82, 2.24) is 16.0 Å². The first-order valence-corrected chi connectivity index (χ1v) is 10.7. The van der Waals surface area contributed by atoms with Crippen LogP contribution in [0.5, 0.6) is 0 Å². The number of amides is 3.